The third kappa shape index (κ3) is 4.69. The molecule has 1 rings (SSSR count). The molecule has 6 heteroatoms. The Morgan fingerprint density at radius 2 is 2.18 bits per heavy atom. The van der Waals surface area contributed by atoms with Crippen molar-refractivity contribution in [1.82, 2.24) is 10.6 Å². The highest BCUT2D eigenvalue weighted by molar-refractivity contribution is 7.80. The zero-order valence-electron chi connectivity index (χ0n) is 9.65. The molecule has 0 aliphatic carbocycles. The molecular formula is C11H14N2O3S. The lowest BCUT2D eigenvalue weighted by atomic mass is 10.2. The van der Waals surface area contributed by atoms with Crippen LogP contribution in [0.1, 0.15) is 5.56 Å². The maximum absolute atomic E-state index is 10.9. The first kappa shape index (κ1) is 13.2. The summed E-state index contributed by atoms with van der Waals surface area (Å²) in [5.74, 6) is 0.774. The average Bonchev–Trinajstić information content (AvgIpc) is 2.36. The van der Waals surface area contributed by atoms with Crippen LogP contribution in [0.5, 0.6) is 5.75 Å². The predicted molar refractivity (Wildman–Crippen MR) is 68.0 cm³/mol. The number of nitrogens with one attached hydrogen (secondary N) is 2. The molecular weight excluding hydrogens is 240 g/mol. The van der Waals surface area contributed by atoms with Crippen molar-refractivity contribution in [2.75, 3.05) is 14.2 Å². The molecule has 0 bridgehead atoms. The van der Waals surface area contributed by atoms with E-state index in [0.29, 0.717) is 6.54 Å². The van der Waals surface area contributed by atoms with E-state index in [1.807, 2.05) is 24.3 Å². The van der Waals surface area contributed by atoms with Gasteiger partial charge in [0.25, 0.3) is 0 Å². The summed E-state index contributed by atoms with van der Waals surface area (Å²) < 4.78 is 9.51. The molecule has 0 aromatic heterocycles. The number of benzene rings is 1. The van der Waals surface area contributed by atoms with Crippen molar-refractivity contribution >= 4 is 23.4 Å². The van der Waals surface area contributed by atoms with Crippen molar-refractivity contribution in [3.63, 3.8) is 0 Å². The fraction of sp³-hybridized carbons (Fsp3) is 0.273. The molecule has 0 saturated carbocycles. The fourth-order valence-corrected chi connectivity index (χ4v) is 1.31. The second-order valence-corrected chi connectivity index (χ2v) is 3.56. The maximum Gasteiger partial charge on any atom is 0.413 e. The number of amides is 1. The zero-order valence-corrected chi connectivity index (χ0v) is 10.5. The summed E-state index contributed by atoms with van der Waals surface area (Å²) in [7, 11) is 2.88. The van der Waals surface area contributed by atoms with Gasteiger partial charge in [0, 0.05) is 6.54 Å². The molecule has 1 aromatic carbocycles. The first-order chi connectivity index (χ1) is 8.15. The smallest absolute Gasteiger partial charge is 0.413 e. The van der Waals surface area contributed by atoms with Gasteiger partial charge in [0.15, 0.2) is 5.11 Å². The van der Waals surface area contributed by atoms with E-state index >= 15 is 0 Å². The monoisotopic (exact) mass is 254 g/mol. The summed E-state index contributed by atoms with van der Waals surface area (Å²) >= 11 is 4.90. The molecule has 0 unspecified atom stereocenters. The Hall–Kier alpha value is -1.82. The average molecular weight is 254 g/mol. The number of hydrogen-bond acceptors (Lipinski definition) is 4. The van der Waals surface area contributed by atoms with Crippen LogP contribution in [0.2, 0.25) is 0 Å². The van der Waals surface area contributed by atoms with Crippen molar-refractivity contribution < 1.29 is 14.3 Å². The zero-order chi connectivity index (χ0) is 12.7. The summed E-state index contributed by atoms with van der Waals surface area (Å²) in [6.45, 7) is 0.500. The standard InChI is InChI=1S/C11H14N2O3S/c1-15-9-5-3-4-8(6-9)7-12-10(17)13-11(14)16-2/h3-6H,7H2,1-2H3,(H2,12,13,14,17). The molecule has 0 spiro atoms. The van der Waals surface area contributed by atoms with Gasteiger partial charge >= 0.3 is 6.09 Å². The van der Waals surface area contributed by atoms with Crippen molar-refractivity contribution in [1.29, 1.82) is 0 Å². The largest absolute Gasteiger partial charge is 0.497 e. The molecule has 1 amide bonds. The van der Waals surface area contributed by atoms with E-state index in [4.69, 9.17) is 17.0 Å². The molecule has 5 nitrogen and oxygen atoms in total. The van der Waals surface area contributed by atoms with Crippen LogP contribution in [-0.4, -0.2) is 25.4 Å². The van der Waals surface area contributed by atoms with E-state index in [2.05, 4.69) is 15.4 Å². The van der Waals surface area contributed by atoms with Crippen molar-refractivity contribution in [3.8, 4) is 5.75 Å². The number of hydrogen-bond donors (Lipinski definition) is 2. The van der Waals surface area contributed by atoms with Gasteiger partial charge < -0.3 is 14.8 Å². The van der Waals surface area contributed by atoms with Crippen molar-refractivity contribution in [3.05, 3.63) is 29.8 Å². The van der Waals surface area contributed by atoms with Gasteiger partial charge in [-0.1, -0.05) is 12.1 Å². The van der Waals surface area contributed by atoms with Crippen LogP contribution in [0.3, 0.4) is 0 Å². The predicted octanol–water partition coefficient (Wildman–Crippen LogP) is 1.43. The molecule has 92 valence electrons. The lowest BCUT2D eigenvalue weighted by Crippen LogP contribution is -2.38. The number of methoxy groups -OCH3 is 2. The molecule has 0 saturated heterocycles. The quantitative estimate of drug-likeness (QED) is 0.799. The number of rotatable bonds is 3. The van der Waals surface area contributed by atoms with Gasteiger partial charge in [0.05, 0.1) is 14.2 Å². The number of carbonyl (C=O) groups excluding carboxylic acids is 1. The van der Waals surface area contributed by atoms with E-state index < -0.39 is 6.09 Å². The topological polar surface area (TPSA) is 59.6 Å². The molecule has 0 fully saturated rings. The summed E-state index contributed by atoms with van der Waals surface area (Å²) in [6, 6.07) is 7.55. The van der Waals surface area contributed by atoms with Crippen LogP contribution in [0.25, 0.3) is 0 Å². The minimum atomic E-state index is -0.590. The molecule has 0 aliphatic rings. The van der Waals surface area contributed by atoms with E-state index in [9.17, 15) is 4.79 Å². The molecule has 0 aliphatic heterocycles. The van der Waals surface area contributed by atoms with Gasteiger partial charge in [-0.25, -0.2) is 4.79 Å². The number of carbonyl (C=O) groups is 1. The van der Waals surface area contributed by atoms with Gasteiger partial charge in [-0.2, -0.15) is 0 Å². The van der Waals surface area contributed by atoms with E-state index in [0.717, 1.165) is 11.3 Å². The number of thiocarbonyl (C=S) groups is 1. The minimum Gasteiger partial charge on any atom is -0.497 e. The Labute approximate surface area is 105 Å². The second-order valence-electron chi connectivity index (χ2n) is 3.15. The van der Waals surface area contributed by atoms with Gasteiger partial charge in [-0.05, 0) is 29.9 Å². The van der Waals surface area contributed by atoms with Crippen LogP contribution in [0.4, 0.5) is 4.79 Å². The van der Waals surface area contributed by atoms with Crippen molar-refractivity contribution in [2.24, 2.45) is 0 Å². The van der Waals surface area contributed by atoms with E-state index in [1.165, 1.54) is 7.11 Å². The summed E-state index contributed by atoms with van der Waals surface area (Å²) in [5, 5.41) is 5.46. The first-order valence-electron chi connectivity index (χ1n) is 4.91. The molecule has 0 atom stereocenters. The SMILES string of the molecule is COC(=O)NC(=S)NCc1cccc(OC)c1. The van der Waals surface area contributed by atoms with Gasteiger partial charge in [-0.15, -0.1) is 0 Å². The van der Waals surface area contributed by atoms with Crippen molar-refractivity contribution in [2.45, 2.75) is 6.54 Å². The van der Waals surface area contributed by atoms with Gasteiger partial charge in [0.2, 0.25) is 0 Å². The summed E-state index contributed by atoms with van der Waals surface area (Å²) in [4.78, 5) is 10.9. The maximum atomic E-state index is 10.9. The molecule has 2 N–H and O–H groups in total. The Morgan fingerprint density at radius 3 is 2.82 bits per heavy atom. The van der Waals surface area contributed by atoms with Gasteiger partial charge in [-0.3, -0.25) is 5.32 Å². The Balaban J connectivity index is 2.44. The molecule has 17 heavy (non-hydrogen) atoms. The Bertz CT molecular complexity index is 409. The number of ether oxygens (including phenoxy) is 2. The minimum absolute atomic E-state index is 0.222. The van der Waals surface area contributed by atoms with Crippen LogP contribution in [-0.2, 0) is 11.3 Å². The third-order valence-electron chi connectivity index (χ3n) is 1.99. The number of alkyl carbamates (subject to hydrolysis) is 1. The third-order valence-corrected chi connectivity index (χ3v) is 2.23. The van der Waals surface area contributed by atoms with E-state index in [-0.39, 0.29) is 5.11 Å². The summed E-state index contributed by atoms with van der Waals surface area (Å²) in [6.07, 6.45) is -0.590. The van der Waals surface area contributed by atoms with Crippen LogP contribution in [0.15, 0.2) is 24.3 Å². The van der Waals surface area contributed by atoms with Crippen LogP contribution >= 0.6 is 12.2 Å². The Morgan fingerprint density at radius 1 is 1.41 bits per heavy atom. The second kappa shape index (κ2) is 6.70. The first-order valence-corrected chi connectivity index (χ1v) is 5.32. The highest BCUT2D eigenvalue weighted by Crippen LogP contribution is 2.11. The Kier molecular flexibility index (Phi) is 5.22. The highest BCUT2D eigenvalue weighted by Gasteiger charge is 2.02. The highest BCUT2D eigenvalue weighted by atomic mass is 32.1. The van der Waals surface area contributed by atoms with Crippen LogP contribution in [0, 0.1) is 0 Å². The normalized spacial score (nSPS) is 9.29. The lowest BCUT2D eigenvalue weighted by Gasteiger charge is -2.09. The van der Waals surface area contributed by atoms with Gasteiger partial charge in [0.1, 0.15) is 5.75 Å². The molecule has 0 heterocycles. The fourth-order valence-electron chi connectivity index (χ4n) is 1.15. The van der Waals surface area contributed by atoms with Crippen LogP contribution < -0.4 is 15.4 Å². The molecule has 1 aromatic rings. The molecule has 0 radical (unpaired) electrons. The lowest BCUT2D eigenvalue weighted by molar-refractivity contribution is 0.176. The van der Waals surface area contributed by atoms with E-state index in [1.54, 1.807) is 7.11 Å². The summed E-state index contributed by atoms with van der Waals surface area (Å²) in [5.41, 5.74) is 0.998.